The number of aliphatic carboxylic acids is 1. The number of benzene rings is 3. The first-order valence-corrected chi connectivity index (χ1v) is 11.9. The van der Waals surface area contributed by atoms with E-state index in [2.05, 4.69) is 17.5 Å². The van der Waals surface area contributed by atoms with Gasteiger partial charge < -0.3 is 15.2 Å². The van der Waals surface area contributed by atoms with Crippen LogP contribution in [0.5, 0.6) is 5.75 Å². The second-order valence-corrected chi connectivity index (χ2v) is 8.36. The number of unbranched alkanes of at least 4 members (excludes halogenated alkanes) is 2. The molecule has 0 fully saturated rings. The lowest BCUT2D eigenvalue weighted by atomic mass is 9.95. The van der Waals surface area contributed by atoms with E-state index in [-0.39, 0.29) is 6.54 Å². The predicted octanol–water partition coefficient (Wildman–Crippen LogP) is 5.95. The molecule has 6 heteroatoms. The molecule has 36 heavy (non-hydrogen) atoms. The standard InChI is InChI=1S/C30H29N3O3/c1-22-17-26(20-33-21-30(34)35)29(36-16-7-3-6-15-31)18-25(22)14-13-24-11-8-12-27(28(24)19-32)23-9-4-2-5-10-23/h2,4-5,8-14,17-18,33H,3,6-7,16,20-21H2,1H3,(H,34,35)/b14-13+. The van der Waals surface area contributed by atoms with Crippen LogP contribution in [0.3, 0.4) is 0 Å². The Morgan fingerprint density at radius 3 is 2.53 bits per heavy atom. The van der Waals surface area contributed by atoms with Gasteiger partial charge in [-0.05, 0) is 48.1 Å². The number of carboxylic acids is 1. The van der Waals surface area contributed by atoms with Crippen LogP contribution in [-0.4, -0.2) is 24.2 Å². The summed E-state index contributed by atoms with van der Waals surface area (Å²) < 4.78 is 6.03. The fourth-order valence-electron chi connectivity index (χ4n) is 3.88. The number of nitrogens with one attached hydrogen (secondary N) is 1. The van der Waals surface area contributed by atoms with Gasteiger partial charge >= 0.3 is 5.97 Å². The van der Waals surface area contributed by atoms with Crippen LogP contribution in [0, 0.1) is 29.6 Å². The van der Waals surface area contributed by atoms with E-state index in [4.69, 9.17) is 15.1 Å². The molecule has 0 aromatic heterocycles. The van der Waals surface area contributed by atoms with Crippen molar-refractivity contribution in [1.29, 1.82) is 10.5 Å². The minimum Gasteiger partial charge on any atom is -0.493 e. The van der Waals surface area contributed by atoms with Crippen LogP contribution >= 0.6 is 0 Å². The zero-order valence-electron chi connectivity index (χ0n) is 20.3. The number of carbonyl (C=O) groups is 1. The number of rotatable bonds is 12. The maximum atomic E-state index is 10.9. The lowest BCUT2D eigenvalue weighted by Gasteiger charge is -2.15. The summed E-state index contributed by atoms with van der Waals surface area (Å²) in [5.74, 6) is -0.245. The Kier molecular flexibility index (Phi) is 9.82. The SMILES string of the molecule is Cc1cc(CNCC(=O)O)c(OCCCCC#N)cc1/C=C/c1cccc(-c2ccccc2)c1C#N. The molecule has 182 valence electrons. The van der Waals surface area contributed by atoms with Crippen molar-refractivity contribution in [3.63, 3.8) is 0 Å². The molecule has 0 unspecified atom stereocenters. The molecule has 2 N–H and O–H groups in total. The molecule has 0 saturated carbocycles. The van der Waals surface area contributed by atoms with Gasteiger partial charge in [-0.2, -0.15) is 10.5 Å². The van der Waals surface area contributed by atoms with Gasteiger partial charge in [0, 0.05) is 24.1 Å². The molecular weight excluding hydrogens is 450 g/mol. The first-order valence-electron chi connectivity index (χ1n) is 11.9. The molecule has 0 spiro atoms. The summed E-state index contributed by atoms with van der Waals surface area (Å²) in [4.78, 5) is 10.9. The summed E-state index contributed by atoms with van der Waals surface area (Å²) in [7, 11) is 0. The maximum Gasteiger partial charge on any atom is 0.317 e. The molecule has 0 heterocycles. The van der Waals surface area contributed by atoms with Gasteiger partial charge in [-0.25, -0.2) is 0 Å². The molecule has 0 amide bonds. The van der Waals surface area contributed by atoms with E-state index in [1.807, 2.05) is 79.7 Å². The summed E-state index contributed by atoms with van der Waals surface area (Å²) in [5, 5.41) is 30.5. The molecule has 0 aliphatic rings. The normalized spacial score (nSPS) is 10.6. The van der Waals surface area contributed by atoms with E-state index in [0.29, 0.717) is 30.9 Å². The lowest BCUT2D eigenvalue weighted by molar-refractivity contribution is -0.136. The van der Waals surface area contributed by atoms with Gasteiger partial charge in [-0.1, -0.05) is 66.7 Å². The highest BCUT2D eigenvalue weighted by atomic mass is 16.5. The number of nitrogens with zero attached hydrogens (tertiary/aromatic N) is 2. The number of nitriles is 2. The summed E-state index contributed by atoms with van der Waals surface area (Å²) >= 11 is 0. The van der Waals surface area contributed by atoms with Crippen molar-refractivity contribution in [3.05, 3.63) is 88.5 Å². The summed E-state index contributed by atoms with van der Waals surface area (Å²) in [5.41, 5.74) is 6.13. The highest BCUT2D eigenvalue weighted by molar-refractivity contribution is 5.81. The molecule has 0 radical (unpaired) electrons. The third kappa shape index (κ3) is 7.30. The highest BCUT2D eigenvalue weighted by Crippen LogP contribution is 2.29. The Morgan fingerprint density at radius 1 is 1.03 bits per heavy atom. The van der Waals surface area contributed by atoms with Crippen LogP contribution in [0.4, 0.5) is 0 Å². The molecule has 0 saturated heterocycles. The van der Waals surface area contributed by atoms with Crippen molar-refractivity contribution in [2.24, 2.45) is 0 Å². The Bertz CT molecular complexity index is 1300. The van der Waals surface area contributed by atoms with Crippen molar-refractivity contribution < 1.29 is 14.6 Å². The smallest absolute Gasteiger partial charge is 0.317 e. The van der Waals surface area contributed by atoms with Crippen molar-refractivity contribution in [1.82, 2.24) is 5.32 Å². The van der Waals surface area contributed by atoms with Gasteiger partial charge in [0.15, 0.2) is 0 Å². The minimum atomic E-state index is -0.920. The second kappa shape index (κ2) is 13.5. The molecule has 3 rings (SSSR count). The van der Waals surface area contributed by atoms with Gasteiger partial charge in [0.05, 0.1) is 24.8 Å². The zero-order valence-corrected chi connectivity index (χ0v) is 20.3. The van der Waals surface area contributed by atoms with Crippen molar-refractivity contribution in [2.45, 2.75) is 32.7 Å². The van der Waals surface area contributed by atoms with Crippen molar-refractivity contribution in [2.75, 3.05) is 13.2 Å². The summed E-state index contributed by atoms with van der Waals surface area (Å²) in [6.45, 7) is 2.68. The largest absolute Gasteiger partial charge is 0.493 e. The van der Waals surface area contributed by atoms with Crippen molar-refractivity contribution in [3.8, 4) is 29.0 Å². The lowest BCUT2D eigenvalue weighted by Crippen LogP contribution is -2.22. The summed E-state index contributed by atoms with van der Waals surface area (Å²) in [6, 6.07) is 24.1. The molecule has 6 nitrogen and oxygen atoms in total. The Labute approximate surface area is 212 Å². The Balaban J connectivity index is 1.89. The van der Waals surface area contributed by atoms with Gasteiger partial charge in [0.1, 0.15) is 11.8 Å². The van der Waals surface area contributed by atoms with Crippen LogP contribution < -0.4 is 10.1 Å². The first-order chi connectivity index (χ1) is 17.5. The Morgan fingerprint density at radius 2 is 1.81 bits per heavy atom. The topological polar surface area (TPSA) is 106 Å². The predicted molar refractivity (Wildman–Crippen MR) is 141 cm³/mol. The first kappa shape index (κ1) is 26.2. The average molecular weight is 480 g/mol. The number of aryl methyl sites for hydroxylation is 1. The fraction of sp³-hybridized carbons (Fsp3) is 0.233. The maximum absolute atomic E-state index is 10.9. The molecule has 0 aliphatic heterocycles. The number of hydrogen-bond donors (Lipinski definition) is 2. The van der Waals surface area contributed by atoms with Crippen LogP contribution in [-0.2, 0) is 11.3 Å². The van der Waals surface area contributed by atoms with Gasteiger partial charge in [0.2, 0.25) is 0 Å². The van der Waals surface area contributed by atoms with Crippen LogP contribution in [0.1, 0.15) is 47.1 Å². The highest BCUT2D eigenvalue weighted by Gasteiger charge is 2.11. The average Bonchev–Trinajstić information content (AvgIpc) is 2.88. The molecule has 3 aromatic rings. The van der Waals surface area contributed by atoms with E-state index in [9.17, 15) is 10.1 Å². The molecular formula is C30H29N3O3. The van der Waals surface area contributed by atoms with E-state index >= 15 is 0 Å². The van der Waals surface area contributed by atoms with E-state index < -0.39 is 5.97 Å². The number of ether oxygens (including phenoxy) is 1. The number of carboxylic acid groups (broad SMARTS) is 1. The zero-order chi connectivity index (χ0) is 25.8. The van der Waals surface area contributed by atoms with Gasteiger partial charge in [-0.15, -0.1) is 0 Å². The Hall–Kier alpha value is -4.39. The molecule has 3 aromatic carbocycles. The second-order valence-electron chi connectivity index (χ2n) is 8.36. The van der Waals surface area contributed by atoms with Gasteiger partial charge in [-0.3, -0.25) is 4.79 Å². The molecule has 0 bridgehead atoms. The van der Waals surface area contributed by atoms with E-state index in [0.717, 1.165) is 46.2 Å². The monoisotopic (exact) mass is 479 g/mol. The quantitative estimate of drug-likeness (QED) is 0.246. The third-order valence-electron chi connectivity index (χ3n) is 5.72. The van der Waals surface area contributed by atoms with Crippen LogP contribution in [0.2, 0.25) is 0 Å². The number of hydrogen-bond acceptors (Lipinski definition) is 5. The van der Waals surface area contributed by atoms with Crippen LogP contribution in [0.15, 0.2) is 60.7 Å². The molecule has 0 aliphatic carbocycles. The van der Waals surface area contributed by atoms with E-state index in [1.54, 1.807) is 0 Å². The molecule has 0 atom stereocenters. The minimum absolute atomic E-state index is 0.142. The fourth-order valence-corrected chi connectivity index (χ4v) is 3.88. The van der Waals surface area contributed by atoms with Crippen LogP contribution in [0.25, 0.3) is 23.3 Å². The third-order valence-corrected chi connectivity index (χ3v) is 5.72. The van der Waals surface area contributed by atoms with E-state index in [1.165, 1.54) is 0 Å². The summed E-state index contributed by atoms with van der Waals surface area (Å²) in [6.07, 6.45) is 5.91. The van der Waals surface area contributed by atoms with Gasteiger partial charge in [0.25, 0.3) is 0 Å². The van der Waals surface area contributed by atoms with Crippen molar-refractivity contribution >= 4 is 18.1 Å².